The van der Waals surface area contributed by atoms with Crippen LogP contribution in [0.15, 0.2) is 84.9 Å². The molecule has 0 heterocycles. The van der Waals surface area contributed by atoms with Gasteiger partial charge in [0.25, 0.3) is 5.91 Å². The minimum absolute atomic E-state index is 0.183. The Morgan fingerprint density at radius 1 is 0.846 bits per heavy atom. The van der Waals surface area contributed by atoms with Gasteiger partial charge in [0, 0.05) is 5.02 Å². The molecule has 0 unspecified atom stereocenters. The standard InChI is InChI=1S/C22H20ClNO2/c1-16(26-20-14-12-19(23)13-15-20)22(25)24-21(17-8-4-2-5-9-17)18-10-6-3-7-11-18/h2-16,21H,1H3,(H,24,25)/t16-/m0/s1. The monoisotopic (exact) mass is 365 g/mol. The molecule has 0 aromatic heterocycles. The minimum atomic E-state index is -0.633. The van der Waals surface area contributed by atoms with Crippen molar-refractivity contribution in [2.45, 2.75) is 19.1 Å². The van der Waals surface area contributed by atoms with Crippen molar-refractivity contribution in [1.82, 2.24) is 5.32 Å². The maximum Gasteiger partial charge on any atom is 0.261 e. The van der Waals surface area contributed by atoms with Gasteiger partial charge in [0.15, 0.2) is 6.10 Å². The van der Waals surface area contributed by atoms with Crippen LogP contribution in [0.25, 0.3) is 0 Å². The highest BCUT2D eigenvalue weighted by Crippen LogP contribution is 2.22. The fourth-order valence-corrected chi connectivity index (χ4v) is 2.81. The Hall–Kier alpha value is -2.78. The average molecular weight is 366 g/mol. The summed E-state index contributed by atoms with van der Waals surface area (Å²) in [4.78, 5) is 12.7. The number of amides is 1. The molecule has 0 radical (unpaired) electrons. The lowest BCUT2D eigenvalue weighted by atomic mass is 9.98. The molecule has 0 spiro atoms. The molecule has 1 amide bonds. The Balaban J connectivity index is 1.75. The minimum Gasteiger partial charge on any atom is -0.481 e. The molecule has 0 aliphatic heterocycles. The second-order valence-electron chi connectivity index (χ2n) is 5.98. The first-order chi connectivity index (χ1) is 12.6. The molecule has 132 valence electrons. The second-order valence-corrected chi connectivity index (χ2v) is 6.41. The predicted octanol–water partition coefficient (Wildman–Crippen LogP) is 5.01. The number of ether oxygens (including phenoxy) is 1. The molecule has 1 N–H and O–H groups in total. The molecular formula is C22H20ClNO2. The first-order valence-corrected chi connectivity index (χ1v) is 8.84. The van der Waals surface area contributed by atoms with Gasteiger partial charge < -0.3 is 10.1 Å². The Labute approximate surface area is 158 Å². The van der Waals surface area contributed by atoms with Crippen LogP contribution in [0, 0.1) is 0 Å². The zero-order valence-corrected chi connectivity index (χ0v) is 15.2. The molecule has 26 heavy (non-hydrogen) atoms. The van der Waals surface area contributed by atoms with Gasteiger partial charge in [0.2, 0.25) is 0 Å². The third kappa shape index (κ3) is 4.64. The Kier molecular flexibility index (Phi) is 5.92. The largest absolute Gasteiger partial charge is 0.481 e. The molecule has 0 aliphatic rings. The number of halogens is 1. The molecule has 0 saturated heterocycles. The van der Waals surface area contributed by atoms with E-state index in [-0.39, 0.29) is 11.9 Å². The lowest BCUT2D eigenvalue weighted by Crippen LogP contribution is -2.39. The van der Waals surface area contributed by atoms with Crippen LogP contribution >= 0.6 is 11.6 Å². The average Bonchev–Trinajstić information content (AvgIpc) is 2.69. The third-order valence-corrected chi connectivity index (χ3v) is 4.30. The van der Waals surface area contributed by atoms with Crippen LogP contribution in [-0.2, 0) is 4.79 Å². The molecule has 0 bridgehead atoms. The number of rotatable bonds is 6. The second kappa shape index (κ2) is 8.54. The van der Waals surface area contributed by atoms with Crippen LogP contribution in [0.2, 0.25) is 5.02 Å². The molecule has 3 nitrogen and oxygen atoms in total. The summed E-state index contributed by atoms with van der Waals surface area (Å²) in [6.45, 7) is 1.73. The molecule has 3 aromatic rings. The summed E-state index contributed by atoms with van der Waals surface area (Å²) in [5.41, 5.74) is 2.04. The van der Waals surface area contributed by atoms with Gasteiger partial charge in [0.1, 0.15) is 5.75 Å². The molecule has 4 heteroatoms. The van der Waals surface area contributed by atoms with Gasteiger partial charge in [0.05, 0.1) is 6.04 Å². The zero-order chi connectivity index (χ0) is 18.4. The molecule has 0 fully saturated rings. The summed E-state index contributed by atoms with van der Waals surface area (Å²) < 4.78 is 5.73. The number of hydrogen-bond donors (Lipinski definition) is 1. The fraction of sp³-hybridized carbons (Fsp3) is 0.136. The van der Waals surface area contributed by atoms with Gasteiger partial charge >= 0.3 is 0 Å². The van der Waals surface area contributed by atoms with E-state index < -0.39 is 6.10 Å². The van der Waals surface area contributed by atoms with E-state index in [4.69, 9.17) is 16.3 Å². The normalized spacial score (nSPS) is 11.8. The van der Waals surface area contributed by atoms with Crippen molar-refractivity contribution in [3.8, 4) is 5.75 Å². The van der Waals surface area contributed by atoms with E-state index in [2.05, 4.69) is 5.32 Å². The summed E-state index contributed by atoms with van der Waals surface area (Å²) in [6, 6.07) is 26.5. The molecule has 3 rings (SSSR count). The molecule has 0 saturated carbocycles. The van der Waals surface area contributed by atoms with Gasteiger partial charge in [-0.2, -0.15) is 0 Å². The molecule has 1 atom stereocenters. The van der Waals surface area contributed by atoms with Crippen molar-refractivity contribution in [3.63, 3.8) is 0 Å². The number of carbonyl (C=O) groups excluding carboxylic acids is 1. The highest BCUT2D eigenvalue weighted by Gasteiger charge is 2.21. The van der Waals surface area contributed by atoms with Crippen molar-refractivity contribution in [2.75, 3.05) is 0 Å². The van der Waals surface area contributed by atoms with Crippen LogP contribution in [0.1, 0.15) is 24.1 Å². The SMILES string of the molecule is C[C@H](Oc1ccc(Cl)cc1)C(=O)NC(c1ccccc1)c1ccccc1. The first kappa shape index (κ1) is 18.0. The van der Waals surface area contributed by atoms with Crippen LogP contribution in [0.4, 0.5) is 0 Å². The van der Waals surface area contributed by atoms with Gasteiger partial charge in [-0.25, -0.2) is 0 Å². The van der Waals surface area contributed by atoms with E-state index in [9.17, 15) is 4.79 Å². The Bertz CT molecular complexity index is 796. The van der Waals surface area contributed by atoms with Gasteiger partial charge in [-0.3, -0.25) is 4.79 Å². The van der Waals surface area contributed by atoms with E-state index in [1.165, 1.54) is 0 Å². The zero-order valence-electron chi connectivity index (χ0n) is 14.4. The van der Waals surface area contributed by atoms with Crippen molar-refractivity contribution in [2.24, 2.45) is 0 Å². The van der Waals surface area contributed by atoms with Crippen LogP contribution in [-0.4, -0.2) is 12.0 Å². The predicted molar refractivity (Wildman–Crippen MR) is 104 cm³/mol. The molecular weight excluding hydrogens is 346 g/mol. The third-order valence-electron chi connectivity index (χ3n) is 4.05. The summed E-state index contributed by atoms with van der Waals surface area (Å²) in [5, 5.41) is 3.72. The maximum absolute atomic E-state index is 12.7. The van der Waals surface area contributed by atoms with E-state index in [1.54, 1.807) is 31.2 Å². The van der Waals surface area contributed by atoms with Crippen LogP contribution in [0.3, 0.4) is 0 Å². The van der Waals surface area contributed by atoms with Crippen molar-refractivity contribution < 1.29 is 9.53 Å². The summed E-state index contributed by atoms with van der Waals surface area (Å²) in [6.07, 6.45) is -0.633. The summed E-state index contributed by atoms with van der Waals surface area (Å²) in [7, 11) is 0. The van der Waals surface area contributed by atoms with Crippen molar-refractivity contribution >= 4 is 17.5 Å². The van der Waals surface area contributed by atoms with Crippen LogP contribution < -0.4 is 10.1 Å². The first-order valence-electron chi connectivity index (χ1n) is 8.46. The van der Waals surface area contributed by atoms with E-state index in [0.29, 0.717) is 10.8 Å². The van der Waals surface area contributed by atoms with Crippen molar-refractivity contribution in [3.05, 3.63) is 101 Å². The van der Waals surface area contributed by atoms with Gasteiger partial charge in [-0.05, 0) is 42.3 Å². The smallest absolute Gasteiger partial charge is 0.261 e. The fourth-order valence-electron chi connectivity index (χ4n) is 2.68. The number of carbonyl (C=O) groups is 1. The Morgan fingerprint density at radius 2 is 1.35 bits per heavy atom. The topological polar surface area (TPSA) is 38.3 Å². The number of hydrogen-bond acceptors (Lipinski definition) is 2. The van der Waals surface area contributed by atoms with Crippen molar-refractivity contribution in [1.29, 1.82) is 0 Å². The molecule has 3 aromatic carbocycles. The lowest BCUT2D eigenvalue weighted by Gasteiger charge is -2.22. The summed E-state index contributed by atoms with van der Waals surface area (Å²) in [5.74, 6) is 0.422. The quantitative estimate of drug-likeness (QED) is 0.666. The van der Waals surface area contributed by atoms with E-state index >= 15 is 0 Å². The highest BCUT2D eigenvalue weighted by atomic mass is 35.5. The Morgan fingerprint density at radius 3 is 1.85 bits per heavy atom. The lowest BCUT2D eigenvalue weighted by molar-refractivity contribution is -0.127. The van der Waals surface area contributed by atoms with E-state index in [0.717, 1.165) is 11.1 Å². The van der Waals surface area contributed by atoms with Gasteiger partial charge in [-0.15, -0.1) is 0 Å². The van der Waals surface area contributed by atoms with E-state index in [1.807, 2.05) is 60.7 Å². The van der Waals surface area contributed by atoms with Crippen LogP contribution in [0.5, 0.6) is 5.75 Å². The highest BCUT2D eigenvalue weighted by molar-refractivity contribution is 6.30. The van der Waals surface area contributed by atoms with Gasteiger partial charge in [-0.1, -0.05) is 72.3 Å². The number of nitrogens with one attached hydrogen (secondary N) is 1. The molecule has 0 aliphatic carbocycles. The number of benzene rings is 3. The maximum atomic E-state index is 12.7. The summed E-state index contributed by atoms with van der Waals surface area (Å²) >= 11 is 5.88.